The minimum absolute atomic E-state index is 0.0833. The Labute approximate surface area is 117 Å². The molecule has 0 fully saturated rings. The largest absolute Gasteiger partial charge is 0.295 e. The van der Waals surface area contributed by atoms with Crippen molar-refractivity contribution in [3.8, 4) is 0 Å². The van der Waals surface area contributed by atoms with Gasteiger partial charge in [-0.05, 0) is 57.1 Å². The van der Waals surface area contributed by atoms with Gasteiger partial charge in [0.15, 0.2) is 5.78 Å². The lowest BCUT2D eigenvalue weighted by Gasteiger charge is -2.32. The summed E-state index contributed by atoms with van der Waals surface area (Å²) in [6.45, 7) is 10.5. The number of allylic oxidation sites excluding steroid dienone is 8. The normalized spacial score (nSPS) is 20.6. The summed E-state index contributed by atoms with van der Waals surface area (Å²) in [6.07, 6.45) is 13.6. The summed E-state index contributed by atoms with van der Waals surface area (Å²) < 4.78 is 0. The third-order valence-electron chi connectivity index (χ3n) is 3.75. The quantitative estimate of drug-likeness (QED) is 0.387. The Balaban J connectivity index is 2.83. The van der Waals surface area contributed by atoms with Crippen LogP contribution in [0.5, 0.6) is 0 Å². The van der Waals surface area contributed by atoms with Crippen LogP contribution < -0.4 is 0 Å². The number of hydrogen-bond acceptors (Lipinski definition) is 1. The molecule has 1 heteroatoms. The average Bonchev–Trinajstić information content (AvgIpc) is 2.26. The van der Waals surface area contributed by atoms with Gasteiger partial charge in [-0.2, -0.15) is 0 Å². The highest BCUT2D eigenvalue weighted by molar-refractivity contribution is 5.87. The molecule has 0 unspecified atom stereocenters. The molecule has 0 saturated heterocycles. The molecule has 0 bridgehead atoms. The summed E-state index contributed by atoms with van der Waals surface area (Å²) in [7, 11) is 0. The van der Waals surface area contributed by atoms with Crippen LogP contribution >= 0.6 is 0 Å². The van der Waals surface area contributed by atoms with Gasteiger partial charge in [-0.15, -0.1) is 0 Å². The summed E-state index contributed by atoms with van der Waals surface area (Å²) in [4.78, 5) is 10.8. The second kappa shape index (κ2) is 6.70. The first-order valence-corrected chi connectivity index (χ1v) is 7.07. The SMILES string of the molecule is CC(=O)/C=[13CH]/[13CH]=C(C)/C=C/C1=C(C)CCCC1(C)C. The van der Waals surface area contributed by atoms with E-state index in [9.17, 15) is 4.79 Å². The number of carbonyl (C=O) groups excluding carboxylic acids is 1. The highest BCUT2D eigenvalue weighted by atomic mass is 16.1. The van der Waals surface area contributed by atoms with E-state index in [1.165, 1.54) is 36.0 Å². The first kappa shape index (κ1) is 15.7. The lowest BCUT2D eigenvalue weighted by atomic mass is 9.72. The summed E-state index contributed by atoms with van der Waals surface area (Å²) in [6, 6.07) is 0. The summed E-state index contributed by atoms with van der Waals surface area (Å²) in [5, 5.41) is 0. The number of ketones is 1. The van der Waals surface area contributed by atoms with Gasteiger partial charge in [0.25, 0.3) is 0 Å². The van der Waals surface area contributed by atoms with E-state index in [4.69, 9.17) is 0 Å². The van der Waals surface area contributed by atoms with E-state index < -0.39 is 0 Å². The highest BCUT2D eigenvalue weighted by Gasteiger charge is 2.26. The first-order valence-electron chi connectivity index (χ1n) is 7.07. The summed E-state index contributed by atoms with van der Waals surface area (Å²) in [5.74, 6) is 0.0833. The Morgan fingerprint density at radius 3 is 2.47 bits per heavy atom. The van der Waals surface area contributed by atoms with Gasteiger partial charge >= 0.3 is 0 Å². The van der Waals surface area contributed by atoms with Crippen molar-refractivity contribution in [1.82, 2.24) is 0 Å². The number of rotatable bonds is 4. The maximum Gasteiger partial charge on any atom is 0.152 e. The fourth-order valence-electron chi connectivity index (χ4n) is 2.62. The standard InChI is InChI=1S/C18H26O/c1-14(8-6-10-16(3)19)11-12-17-15(2)9-7-13-18(17,4)5/h6,8,10-12H,7,9,13H2,1-5H3/b10-6+,12-11+,14-8+/i6+1,8+1. The van der Waals surface area contributed by atoms with E-state index in [0.29, 0.717) is 0 Å². The van der Waals surface area contributed by atoms with Crippen LogP contribution in [0.25, 0.3) is 0 Å². The smallest absolute Gasteiger partial charge is 0.152 e. The predicted octanol–water partition coefficient (Wildman–Crippen LogP) is 5.16. The van der Waals surface area contributed by atoms with Crippen LogP contribution in [-0.4, -0.2) is 5.78 Å². The van der Waals surface area contributed by atoms with Gasteiger partial charge in [0.1, 0.15) is 0 Å². The Hall–Kier alpha value is -1.37. The minimum atomic E-state index is 0.0833. The molecule has 1 aliphatic rings. The Kier molecular flexibility index (Phi) is 5.53. The van der Waals surface area contributed by atoms with Gasteiger partial charge in [-0.3, -0.25) is 4.79 Å². The number of carbonyl (C=O) groups is 1. The monoisotopic (exact) mass is 260 g/mol. The number of hydrogen-bond donors (Lipinski definition) is 0. The molecule has 1 nitrogen and oxygen atoms in total. The zero-order chi connectivity index (χ0) is 14.5. The molecule has 0 aliphatic heterocycles. The van der Waals surface area contributed by atoms with E-state index in [1.807, 2.05) is 12.2 Å². The Morgan fingerprint density at radius 1 is 1.21 bits per heavy atom. The zero-order valence-corrected chi connectivity index (χ0v) is 12.9. The van der Waals surface area contributed by atoms with Crippen LogP contribution in [0.4, 0.5) is 0 Å². The van der Waals surface area contributed by atoms with Gasteiger partial charge in [0.05, 0.1) is 0 Å². The molecule has 0 aromatic heterocycles. The fraction of sp³-hybridized carbons (Fsp3) is 0.500. The average molecular weight is 260 g/mol. The zero-order valence-electron chi connectivity index (χ0n) is 12.9. The van der Waals surface area contributed by atoms with Crippen LogP contribution in [0, 0.1) is 5.41 Å². The van der Waals surface area contributed by atoms with E-state index >= 15 is 0 Å². The van der Waals surface area contributed by atoms with Gasteiger partial charge in [-0.1, -0.05) is 49.3 Å². The van der Waals surface area contributed by atoms with Crippen molar-refractivity contribution in [2.75, 3.05) is 0 Å². The van der Waals surface area contributed by atoms with Crippen LogP contribution in [0.1, 0.15) is 53.9 Å². The second-order valence-corrected chi connectivity index (χ2v) is 6.15. The van der Waals surface area contributed by atoms with E-state index in [2.05, 4.69) is 39.8 Å². The van der Waals surface area contributed by atoms with Crippen molar-refractivity contribution in [2.45, 2.75) is 53.9 Å². The fourth-order valence-corrected chi connectivity index (χ4v) is 2.62. The van der Waals surface area contributed by atoms with Crippen molar-refractivity contribution in [3.05, 3.63) is 47.1 Å². The molecule has 0 spiro atoms. The molecule has 0 N–H and O–H groups in total. The molecule has 0 aromatic carbocycles. The predicted molar refractivity (Wildman–Crippen MR) is 83.1 cm³/mol. The van der Waals surface area contributed by atoms with Gasteiger partial charge in [-0.25, -0.2) is 0 Å². The third kappa shape index (κ3) is 5.02. The van der Waals surface area contributed by atoms with Gasteiger partial charge in [0, 0.05) is 0 Å². The lowest BCUT2D eigenvalue weighted by Crippen LogP contribution is -2.19. The molecule has 0 saturated carbocycles. The van der Waals surface area contributed by atoms with Gasteiger partial charge in [0.2, 0.25) is 0 Å². The molecule has 0 radical (unpaired) electrons. The summed E-state index contributed by atoms with van der Waals surface area (Å²) in [5.41, 5.74) is 4.44. The van der Waals surface area contributed by atoms with Crippen LogP contribution in [0.15, 0.2) is 47.1 Å². The molecule has 0 atom stereocenters. The molecular formula is C18H26O. The van der Waals surface area contributed by atoms with Gasteiger partial charge < -0.3 is 0 Å². The minimum Gasteiger partial charge on any atom is -0.295 e. The van der Waals surface area contributed by atoms with Crippen molar-refractivity contribution in [2.24, 2.45) is 5.41 Å². The molecule has 104 valence electrons. The van der Waals surface area contributed by atoms with Crippen LogP contribution in [-0.2, 0) is 4.79 Å². The Morgan fingerprint density at radius 2 is 1.89 bits per heavy atom. The maximum atomic E-state index is 10.8. The van der Waals surface area contributed by atoms with Crippen molar-refractivity contribution in [3.63, 3.8) is 0 Å². The van der Waals surface area contributed by atoms with E-state index in [-0.39, 0.29) is 11.2 Å². The van der Waals surface area contributed by atoms with Crippen molar-refractivity contribution in [1.29, 1.82) is 0 Å². The van der Waals surface area contributed by atoms with E-state index in [0.717, 1.165) is 0 Å². The van der Waals surface area contributed by atoms with Crippen molar-refractivity contribution >= 4 is 5.78 Å². The molecule has 1 rings (SSSR count). The lowest BCUT2D eigenvalue weighted by molar-refractivity contribution is -0.112. The highest BCUT2D eigenvalue weighted by Crippen LogP contribution is 2.40. The van der Waals surface area contributed by atoms with Crippen molar-refractivity contribution < 1.29 is 4.79 Å². The molecule has 19 heavy (non-hydrogen) atoms. The topological polar surface area (TPSA) is 17.1 Å². The molecule has 1 aliphatic carbocycles. The third-order valence-corrected chi connectivity index (χ3v) is 3.75. The summed E-state index contributed by atoms with van der Waals surface area (Å²) >= 11 is 0. The first-order chi connectivity index (χ1) is 8.83. The Bertz CT molecular complexity index is 456. The maximum absolute atomic E-state index is 10.8. The molecule has 0 heterocycles. The van der Waals surface area contributed by atoms with E-state index in [1.54, 1.807) is 13.0 Å². The molecule has 0 aromatic rings. The van der Waals surface area contributed by atoms with Crippen LogP contribution in [0.2, 0.25) is 0 Å². The van der Waals surface area contributed by atoms with Crippen LogP contribution in [0.3, 0.4) is 0 Å². The molecular weight excluding hydrogens is 234 g/mol. The molecule has 0 amide bonds. The second-order valence-electron chi connectivity index (χ2n) is 6.15.